The van der Waals surface area contributed by atoms with Gasteiger partial charge in [-0.15, -0.1) is 12.6 Å². The Morgan fingerprint density at radius 3 is 2.33 bits per heavy atom. The van der Waals surface area contributed by atoms with E-state index in [1.807, 2.05) is 32.0 Å². The number of carbonyl (C=O) groups excluding carboxylic acids is 1. The summed E-state index contributed by atoms with van der Waals surface area (Å²) in [4.78, 5) is 12.9. The molecular formula is C17H18FNOS. The molecular weight excluding hydrogens is 285 g/mol. The molecule has 2 rings (SSSR count). The van der Waals surface area contributed by atoms with Crippen molar-refractivity contribution in [2.45, 2.75) is 31.6 Å². The molecule has 0 atom stereocenters. The molecule has 2 aromatic rings. The Morgan fingerprint density at radius 1 is 1.14 bits per heavy atom. The van der Waals surface area contributed by atoms with E-state index >= 15 is 0 Å². The standard InChI is InChI=1S/C17H18FNOS/c1-3-11-6-5-7-12(4-2)16(11)19-17(20)14-10-13(21)8-9-15(14)18/h5-10,21H,3-4H2,1-2H3,(H,19,20). The van der Waals surface area contributed by atoms with Crippen LogP contribution < -0.4 is 5.32 Å². The zero-order valence-electron chi connectivity index (χ0n) is 12.1. The van der Waals surface area contributed by atoms with Crippen molar-refractivity contribution in [1.29, 1.82) is 0 Å². The van der Waals surface area contributed by atoms with E-state index in [2.05, 4.69) is 17.9 Å². The molecule has 0 saturated carbocycles. The Morgan fingerprint density at radius 2 is 1.76 bits per heavy atom. The first-order chi connectivity index (χ1) is 10.1. The normalized spacial score (nSPS) is 10.5. The van der Waals surface area contributed by atoms with Gasteiger partial charge in [-0.2, -0.15) is 0 Å². The van der Waals surface area contributed by atoms with E-state index in [4.69, 9.17) is 0 Å². The highest BCUT2D eigenvalue weighted by molar-refractivity contribution is 7.80. The van der Waals surface area contributed by atoms with Gasteiger partial charge in [0.15, 0.2) is 0 Å². The van der Waals surface area contributed by atoms with Crippen LogP contribution in [0.3, 0.4) is 0 Å². The monoisotopic (exact) mass is 303 g/mol. The lowest BCUT2D eigenvalue weighted by Gasteiger charge is -2.14. The summed E-state index contributed by atoms with van der Waals surface area (Å²) in [5.41, 5.74) is 2.89. The number of rotatable bonds is 4. The number of hydrogen-bond donors (Lipinski definition) is 2. The fourth-order valence-corrected chi connectivity index (χ4v) is 2.47. The number of hydrogen-bond acceptors (Lipinski definition) is 2. The molecule has 0 saturated heterocycles. The first-order valence-corrected chi connectivity index (χ1v) is 7.42. The predicted molar refractivity (Wildman–Crippen MR) is 86.8 cm³/mol. The number of para-hydroxylation sites is 1. The van der Waals surface area contributed by atoms with Crippen LogP contribution >= 0.6 is 12.6 Å². The van der Waals surface area contributed by atoms with Crippen LogP contribution in [0.25, 0.3) is 0 Å². The molecule has 0 aliphatic heterocycles. The van der Waals surface area contributed by atoms with Gasteiger partial charge in [-0.1, -0.05) is 32.0 Å². The van der Waals surface area contributed by atoms with Gasteiger partial charge in [-0.3, -0.25) is 4.79 Å². The molecule has 21 heavy (non-hydrogen) atoms. The van der Waals surface area contributed by atoms with Crippen molar-refractivity contribution in [2.24, 2.45) is 0 Å². The quantitative estimate of drug-likeness (QED) is 0.801. The lowest BCUT2D eigenvalue weighted by Crippen LogP contribution is -2.16. The SMILES string of the molecule is CCc1cccc(CC)c1NC(=O)c1cc(S)ccc1F. The topological polar surface area (TPSA) is 29.1 Å². The molecule has 2 aromatic carbocycles. The Balaban J connectivity index is 2.38. The number of aryl methyl sites for hydroxylation is 2. The molecule has 1 amide bonds. The van der Waals surface area contributed by atoms with Gasteiger partial charge in [-0.25, -0.2) is 4.39 Å². The molecule has 0 fully saturated rings. The first-order valence-electron chi connectivity index (χ1n) is 6.97. The number of halogens is 1. The van der Waals surface area contributed by atoms with E-state index in [0.717, 1.165) is 29.7 Å². The fourth-order valence-electron chi connectivity index (χ4n) is 2.27. The lowest BCUT2D eigenvalue weighted by atomic mass is 10.0. The number of thiol groups is 1. The third-order valence-electron chi connectivity index (χ3n) is 3.43. The maximum Gasteiger partial charge on any atom is 0.258 e. The number of benzene rings is 2. The Hall–Kier alpha value is -1.81. The van der Waals surface area contributed by atoms with Crippen LogP contribution in [-0.4, -0.2) is 5.91 Å². The molecule has 1 N–H and O–H groups in total. The number of amides is 1. The smallest absolute Gasteiger partial charge is 0.258 e. The number of carbonyl (C=O) groups is 1. The van der Waals surface area contributed by atoms with E-state index in [9.17, 15) is 9.18 Å². The van der Waals surface area contributed by atoms with Gasteiger partial charge in [0.2, 0.25) is 0 Å². The highest BCUT2D eigenvalue weighted by Gasteiger charge is 2.15. The number of nitrogens with one attached hydrogen (secondary N) is 1. The van der Waals surface area contributed by atoms with Crippen LogP contribution in [0.2, 0.25) is 0 Å². The maximum atomic E-state index is 13.8. The van der Waals surface area contributed by atoms with E-state index in [1.165, 1.54) is 18.2 Å². The van der Waals surface area contributed by atoms with Crippen molar-refractivity contribution in [3.63, 3.8) is 0 Å². The zero-order valence-corrected chi connectivity index (χ0v) is 13.0. The molecule has 0 aliphatic carbocycles. The second-order valence-electron chi connectivity index (χ2n) is 4.78. The van der Waals surface area contributed by atoms with Gasteiger partial charge in [-0.05, 0) is 42.2 Å². The highest BCUT2D eigenvalue weighted by Crippen LogP contribution is 2.24. The lowest BCUT2D eigenvalue weighted by molar-refractivity contribution is 0.102. The van der Waals surface area contributed by atoms with E-state index in [1.54, 1.807) is 0 Å². The highest BCUT2D eigenvalue weighted by atomic mass is 32.1. The zero-order chi connectivity index (χ0) is 15.4. The summed E-state index contributed by atoms with van der Waals surface area (Å²) in [5, 5.41) is 2.85. The summed E-state index contributed by atoms with van der Waals surface area (Å²) in [7, 11) is 0. The number of anilines is 1. The minimum absolute atomic E-state index is 0.00968. The minimum Gasteiger partial charge on any atom is -0.321 e. The molecule has 0 aliphatic rings. The van der Waals surface area contributed by atoms with Crippen LogP contribution in [-0.2, 0) is 12.8 Å². The van der Waals surface area contributed by atoms with E-state index in [0.29, 0.717) is 4.90 Å². The molecule has 4 heteroatoms. The van der Waals surface area contributed by atoms with Gasteiger partial charge in [0.25, 0.3) is 5.91 Å². The van der Waals surface area contributed by atoms with Crippen LogP contribution in [0.1, 0.15) is 35.3 Å². The largest absolute Gasteiger partial charge is 0.321 e. The van der Waals surface area contributed by atoms with Crippen LogP contribution in [0.4, 0.5) is 10.1 Å². The molecule has 2 nitrogen and oxygen atoms in total. The summed E-state index contributed by atoms with van der Waals surface area (Å²) < 4.78 is 13.8. The summed E-state index contributed by atoms with van der Waals surface area (Å²) in [6.07, 6.45) is 1.61. The van der Waals surface area contributed by atoms with E-state index in [-0.39, 0.29) is 5.56 Å². The van der Waals surface area contributed by atoms with Crippen molar-refractivity contribution < 1.29 is 9.18 Å². The Kier molecular flexibility index (Phi) is 5.02. The molecule has 0 aromatic heterocycles. The predicted octanol–water partition coefficient (Wildman–Crippen LogP) is 4.49. The van der Waals surface area contributed by atoms with Gasteiger partial charge >= 0.3 is 0 Å². The van der Waals surface area contributed by atoms with Gasteiger partial charge in [0.05, 0.1) is 5.56 Å². The van der Waals surface area contributed by atoms with E-state index < -0.39 is 11.7 Å². The summed E-state index contributed by atoms with van der Waals surface area (Å²) in [5.74, 6) is -0.990. The van der Waals surface area contributed by atoms with Crippen LogP contribution in [0.5, 0.6) is 0 Å². The Bertz CT molecular complexity index is 648. The molecule has 0 spiro atoms. The van der Waals surface area contributed by atoms with Crippen molar-refractivity contribution in [3.05, 3.63) is 58.9 Å². The summed E-state index contributed by atoms with van der Waals surface area (Å²) >= 11 is 4.15. The average molecular weight is 303 g/mol. The molecule has 0 radical (unpaired) electrons. The second kappa shape index (κ2) is 6.76. The van der Waals surface area contributed by atoms with Crippen LogP contribution in [0.15, 0.2) is 41.3 Å². The van der Waals surface area contributed by atoms with Crippen molar-refractivity contribution in [2.75, 3.05) is 5.32 Å². The van der Waals surface area contributed by atoms with Gasteiger partial charge in [0.1, 0.15) is 5.82 Å². The molecule has 0 heterocycles. The first kappa shape index (κ1) is 15.6. The van der Waals surface area contributed by atoms with Crippen molar-refractivity contribution >= 4 is 24.2 Å². The third-order valence-corrected chi connectivity index (χ3v) is 3.71. The second-order valence-corrected chi connectivity index (χ2v) is 5.29. The maximum absolute atomic E-state index is 13.8. The summed E-state index contributed by atoms with van der Waals surface area (Å²) in [6.45, 7) is 4.05. The molecule has 110 valence electrons. The molecule has 0 unspecified atom stereocenters. The van der Waals surface area contributed by atoms with Crippen molar-refractivity contribution in [1.82, 2.24) is 0 Å². The van der Waals surface area contributed by atoms with Gasteiger partial charge < -0.3 is 5.32 Å². The molecule has 0 bridgehead atoms. The summed E-state index contributed by atoms with van der Waals surface area (Å²) in [6, 6.07) is 10.1. The fraction of sp³-hybridized carbons (Fsp3) is 0.235. The van der Waals surface area contributed by atoms with Crippen LogP contribution in [0, 0.1) is 5.82 Å². The average Bonchev–Trinajstić information content (AvgIpc) is 2.49. The third kappa shape index (κ3) is 3.45. The van der Waals surface area contributed by atoms with Crippen molar-refractivity contribution in [3.8, 4) is 0 Å². The minimum atomic E-state index is -0.544. The Labute approximate surface area is 129 Å². The van der Waals surface area contributed by atoms with Gasteiger partial charge in [0, 0.05) is 10.6 Å².